The van der Waals surface area contributed by atoms with E-state index < -0.39 is 0 Å². The van der Waals surface area contributed by atoms with Gasteiger partial charge in [0.25, 0.3) is 0 Å². The summed E-state index contributed by atoms with van der Waals surface area (Å²) in [5.74, 6) is 0.920. The van der Waals surface area contributed by atoms with Crippen molar-refractivity contribution in [2.24, 2.45) is 0 Å². The zero-order chi connectivity index (χ0) is 26.9. The maximum absolute atomic E-state index is 6.39. The van der Waals surface area contributed by atoms with Gasteiger partial charge in [0.15, 0.2) is 0 Å². The molecule has 0 fully saturated rings. The normalized spacial score (nSPS) is 11.9. The number of hydrogen-bond donors (Lipinski definition) is 1. The van der Waals surface area contributed by atoms with Crippen LogP contribution >= 0.6 is 0 Å². The molecule has 0 amide bonds. The number of H-pyrrole nitrogens is 1. The Labute approximate surface area is 235 Å². The molecule has 0 unspecified atom stereocenters. The number of para-hydroxylation sites is 3. The first-order chi connectivity index (χ1) is 20.3. The maximum Gasteiger partial charge on any atom is 0.145 e. The van der Waals surface area contributed by atoms with Gasteiger partial charge in [-0.05, 0) is 59.7 Å². The average molecular weight is 526 g/mol. The van der Waals surface area contributed by atoms with Crippen molar-refractivity contribution in [1.82, 2.24) is 14.5 Å². The lowest BCUT2D eigenvalue weighted by atomic mass is 9.98. The van der Waals surface area contributed by atoms with Crippen molar-refractivity contribution in [2.75, 3.05) is 0 Å². The summed E-state index contributed by atoms with van der Waals surface area (Å²) in [6.07, 6.45) is 0. The van der Waals surface area contributed by atoms with Crippen LogP contribution in [0.2, 0.25) is 0 Å². The van der Waals surface area contributed by atoms with E-state index in [9.17, 15) is 0 Å². The first kappa shape index (κ1) is 22.2. The Morgan fingerprint density at radius 3 is 2.34 bits per heavy atom. The van der Waals surface area contributed by atoms with Crippen molar-refractivity contribution in [3.05, 3.63) is 133 Å². The van der Waals surface area contributed by atoms with Crippen LogP contribution in [0.1, 0.15) is 0 Å². The number of imidazole rings is 1. The smallest absolute Gasteiger partial charge is 0.145 e. The van der Waals surface area contributed by atoms with Gasteiger partial charge in [0, 0.05) is 43.8 Å². The van der Waals surface area contributed by atoms with Crippen molar-refractivity contribution >= 4 is 54.8 Å². The van der Waals surface area contributed by atoms with Gasteiger partial charge in [-0.2, -0.15) is 0 Å². The molecule has 0 aliphatic heterocycles. The lowest BCUT2D eigenvalue weighted by molar-refractivity contribution is 0.669. The molecule has 0 atom stereocenters. The number of benzene rings is 6. The van der Waals surface area contributed by atoms with Gasteiger partial charge in [-0.25, -0.2) is 4.98 Å². The number of rotatable bonds is 3. The van der Waals surface area contributed by atoms with E-state index in [1.54, 1.807) is 0 Å². The molecule has 1 N–H and O–H groups in total. The number of nitrogens with one attached hydrogen (secondary N) is 1. The molecule has 0 bridgehead atoms. The quantitative estimate of drug-likeness (QED) is 0.249. The third-order valence-corrected chi connectivity index (χ3v) is 8.15. The topological polar surface area (TPSA) is 46.8 Å². The molecule has 0 aliphatic carbocycles. The molecule has 4 heteroatoms. The molecular formula is C37H23N3O. The van der Waals surface area contributed by atoms with Gasteiger partial charge >= 0.3 is 0 Å². The van der Waals surface area contributed by atoms with E-state index >= 15 is 0 Å². The van der Waals surface area contributed by atoms with Crippen molar-refractivity contribution in [1.29, 1.82) is 0 Å². The van der Waals surface area contributed by atoms with Crippen LogP contribution < -0.4 is 0 Å². The standard InChI is InChI=1S/C37H23N3O/c1-2-9-23(10-3-1)37-39-31-14-6-7-15-33(31)40(37)25-18-20-34-29(22-25)36-26(12-8-16-35(36)41-34)24-17-19-28-27-11-4-5-13-30(27)38-32(28)21-24/h1-22,38H. The predicted octanol–water partition coefficient (Wildman–Crippen LogP) is 9.89. The Bertz CT molecular complexity index is 2420. The van der Waals surface area contributed by atoms with Crippen LogP contribution in [-0.2, 0) is 0 Å². The summed E-state index contributed by atoms with van der Waals surface area (Å²) in [7, 11) is 0. The summed E-state index contributed by atoms with van der Waals surface area (Å²) < 4.78 is 8.64. The number of nitrogens with zero attached hydrogens (tertiary/aromatic N) is 2. The van der Waals surface area contributed by atoms with Crippen LogP contribution in [-0.4, -0.2) is 14.5 Å². The van der Waals surface area contributed by atoms with Gasteiger partial charge in [0.1, 0.15) is 17.0 Å². The third-order valence-electron chi connectivity index (χ3n) is 8.15. The summed E-state index contributed by atoms with van der Waals surface area (Å²) in [6.45, 7) is 0. The van der Waals surface area contributed by atoms with Gasteiger partial charge in [-0.1, -0.05) is 84.9 Å². The molecule has 3 aromatic heterocycles. The largest absolute Gasteiger partial charge is 0.456 e. The van der Waals surface area contributed by atoms with Crippen molar-refractivity contribution in [2.45, 2.75) is 0 Å². The van der Waals surface area contributed by atoms with Crippen LogP contribution in [0, 0.1) is 0 Å². The van der Waals surface area contributed by atoms with Gasteiger partial charge in [0.05, 0.1) is 11.0 Å². The Morgan fingerprint density at radius 2 is 1.39 bits per heavy atom. The number of aromatic nitrogens is 3. The van der Waals surface area contributed by atoms with Crippen molar-refractivity contribution in [3.63, 3.8) is 0 Å². The molecule has 0 radical (unpaired) electrons. The predicted molar refractivity (Wildman–Crippen MR) is 169 cm³/mol. The van der Waals surface area contributed by atoms with Crippen LogP contribution in [0.3, 0.4) is 0 Å². The zero-order valence-corrected chi connectivity index (χ0v) is 22.0. The van der Waals surface area contributed by atoms with Gasteiger partial charge in [0.2, 0.25) is 0 Å². The second kappa shape index (κ2) is 8.44. The molecule has 0 saturated carbocycles. The Balaban J connectivity index is 1.29. The fraction of sp³-hybridized carbons (Fsp3) is 0. The van der Waals surface area contributed by atoms with E-state index in [4.69, 9.17) is 9.40 Å². The highest BCUT2D eigenvalue weighted by molar-refractivity contribution is 6.14. The van der Waals surface area contributed by atoms with Crippen molar-refractivity contribution < 1.29 is 4.42 Å². The molecular weight excluding hydrogens is 502 g/mol. The molecule has 0 saturated heterocycles. The molecule has 192 valence electrons. The summed E-state index contributed by atoms with van der Waals surface area (Å²) in [5.41, 5.74) is 10.5. The molecule has 41 heavy (non-hydrogen) atoms. The Morgan fingerprint density at radius 1 is 0.561 bits per heavy atom. The molecule has 0 spiro atoms. The van der Waals surface area contributed by atoms with E-state index in [1.807, 2.05) is 12.1 Å². The summed E-state index contributed by atoms with van der Waals surface area (Å²) in [5, 5.41) is 4.68. The van der Waals surface area contributed by atoms with Crippen molar-refractivity contribution in [3.8, 4) is 28.2 Å². The minimum Gasteiger partial charge on any atom is -0.456 e. The minimum absolute atomic E-state index is 0.869. The monoisotopic (exact) mass is 525 g/mol. The average Bonchev–Trinajstić information content (AvgIpc) is 3.72. The Kier molecular flexibility index (Phi) is 4.58. The third kappa shape index (κ3) is 3.31. The van der Waals surface area contributed by atoms with Crippen LogP contribution in [0.4, 0.5) is 0 Å². The van der Waals surface area contributed by atoms with E-state index in [1.165, 1.54) is 10.8 Å². The number of furan rings is 1. The second-order valence-electron chi connectivity index (χ2n) is 10.5. The summed E-state index contributed by atoms with van der Waals surface area (Å²) in [6, 6.07) is 46.6. The molecule has 4 nitrogen and oxygen atoms in total. The minimum atomic E-state index is 0.869. The SMILES string of the molecule is c1ccc(-c2nc3ccccc3n2-c2ccc3oc4cccc(-c5ccc6c(c5)[nH]c5ccccc56)c4c3c2)cc1. The van der Waals surface area contributed by atoms with E-state index in [2.05, 4.69) is 131 Å². The van der Waals surface area contributed by atoms with Crippen LogP contribution in [0.25, 0.3) is 83.0 Å². The van der Waals surface area contributed by atoms with Gasteiger partial charge in [-0.3, -0.25) is 4.57 Å². The zero-order valence-electron chi connectivity index (χ0n) is 22.0. The molecule has 3 heterocycles. The highest BCUT2D eigenvalue weighted by Gasteiger charge is 2.18. The van der Waals surface area contributed by atoms with Crippen LogP contribution in [0.5, 0.6) is 0 Å². The number of fused-ring (bicyclic) bond motifs is 7. The molecule has 0 aliphatic rings. The maximum atomic E-state index is 6.39. The van der Waals surface area contributed by atoms with Gasteiger partial charge in [-0.15, -0.1) is 0 Å². The lowest BCUT2D eigenvalue weighted by Crippen LogP contribution is -1.97. The first-order valence-electron chi connectivity index (χ1n) is 13.8. The molecule has 6 aromatic carbocycles. The molecule has 9 aromatic rings. The summed E-state index contributed by atoms with van der Waals surface area (Å²) in [4.78, 5) is 8.64. The fourth-order valence-electron chi connectivity index (χ4n) is 6.28. The first-order valence-corrected chi connectivity index (χ1v) is 13.8. The highest BCUT2D eigenvalue weighted by atomic mass is 16.3. The van der Waals surface area contributed by atoms with E-state index in [0.717, 1.165) is 72.2 Å². The Hall–Kier alpha value is -5.61. The highest BCUT2D eigenvalue weighted by Crippen LogP contribution is 2.40. The fourth-order valence-corrected chi connectivity index (χ4v) is 6.28. The van der Waals surface area contributed by atoms with E-state index in [0.29, 0.717) is 0 Å². The number of aromatic amines is 1. The van der Waals surface area contributed by atoms with Crippen LogP contribution in [0.15, 0.2) is 138 Å². The molecule has 9 rings (SSSR count). The number of hydrogen-bond acceptors (Lipinski definition) is 2. The lowest BCUT2D eigenvalue weighted by Gasteiger charge is -2.10. The summed E-state index contributed by atoms with van der Waals surface area (Å²) >= 11 is 0. The van der Waals surface area contributed by atoms with E-state index in [-0.39, 0.29) is 0 Å². The second-order valence-corrected chi connectivity index (χ2v) is 10.5. The van der Waals surface area contributed by atoms with Gasteiger partial charge < -0.3 is 9.40 Å².